The molecule has 1 N–H and O–H groups in total. The van der Waals surface area contributed by atoms with E-state index >= 15 is 0 Å². The van der Waals surface area contributed by atoms with Gasteiger partial charge in [0.2, 0.25) is 5.88 Å². The number of carbonyl (C=O) groups excluding carboxylic acids is 1. The molecule has 4 aromatic rings. The van der Waals surface area contributed by atoms with Crippen LogP contribution in [-0.4, -0.2) is 22.4 Å². The number of pyridine rings is 1. The van der Waals surface area contributed by atoms with Crippen LogP contribution in [0, 0.1) is 25.2 Å². The minimum atomic E-state index is -0.674. The van der Waals surface area contributed by atoms with Crippen molar-refractivity contribution >= 4 is 23.3 Å². The molecule has 0 atom stereocenters. The van der Waals surface area contributed by atoms with Crippen LogP contribution in [0.15, 0.2) is 77.2 Å². The summed E-state index contributed by atoms with van der Waals surface area (Å²) in [5.74, 6) is 0.441. The Hall–Kier alpha value is -4.90. The van der Waals surface area contributed by atoms with E-state index in [2.05, 4.69) is 10.3 Å². The molecule has 8 heteroatoms. The van der Waals surface area contributed by atoms with Crippen LogP contribution in [-0.2, 0) is 4.79 Å². The zero-order chi connectivity index (χ0) is 24.9. The Kier molecular flexibility index (Phi) is 6.60. The number of hydrogen-bond acceptors (Lipinski definition) is 6. The van der Waals surface area contributed by atoms with Crippen molar-refractivity contribution in [2.45, 2.75) is 13.8 Å². The summed E-state index contributed by atoms with van der Waals surface area (Å²) in [6.45, 7) is 3.86. The normalized spacial score (nSPS) is 11.1. The highest BCUT2D eigenvalue weighted by Gasteiger charge is 2.18. The number of ether oxygens (including phenoxy) is 2. The second-order valence-corrected chi connectivity index (χ2v) is 7.84. The molecular formula is C27H22N4O4. The molecule has 0 unspecified atom stereocenters. The van der Waals surface area contributed by atoms with Crippen LogP contribution < -0.4 is 20.3 Å². The topological polar surface area (TPSA) is 106 Å². The number of aromatic nitrogens is 2. The maximum absolute atomic E-state index is 13.3. The predicted molar refractivity (Wildman–Crippen MR) is 133 cm³/mol. The average Bonchev–Trinajstić information content (AvgIpc) is 2.84. The van der Waals surface area contributed by atoms with Crippen LogP contribution in [0.1, 0.15) is 16.7 Å². The van der Waals surface area contributed by atoms with Gasteiger partial charge in [0.15, 0.2) is 0 Å². The van der Waals surface area contributed by atoms with E-state index in [1.54, 1.807) is 48.7 Å². The Morgan fingerprint density at radius 3 is 2.43 bits per heavy atom. The summed E-state index contributed by atoms with van der Waals surface area (Å²) in [6.07, 6.45) is 2.76. The minimum Gasteiger partial charge on any atom is -0.497 e. The molecule has 0 aliphatic rings. The van der Waals surface area contributed by atoms with Gasteiger partial charge in [0, 0.05) is 11.9 Å². The lowest BCUT2D eigenvalue weighted by Gasteiger charge is -2.11. The Balaban J connectivity index is 1.78. The molecule has 0 aliphatic heterocycles. The number of carbonyl (C=O) groups is 1. The van der Waals surface area contributed by atoms with Gasteiger partial charge in [-0.1, -0.05) is 12.1 Å². The molecule has 35 heavy (non-hydrogen) atoms. The molecule has 8 nitrogen and oxygen atoms in total. The maximum atomic E-state index is 13.3. The number of methoxy groups -OCH3 is 1. The van der Waals surface area contributed by atoms with Gasteiger partial charge in [0.1, 0.15) is 34.4 Å². The zero-order valence-electron chi connectivity index (χ0n) is 19.4. The lowest BCUT2D eigenvalue weighted by Crippen LogP contribution is -2.20. The number of anilines is 1. The average molecular weight is 466 g/mol. The van der Waals surface area contributed by atoms with E-state index in [1.807, 2.05) is 38.1 Å². The molecule has 0 saturated carbocycles. The number of benzene rings is 2. The number of nitriles is 1. The quantitative estimate of drug-likeness (QED) is 0.327. The van der Waals surface area contributed by atoms with Crippen molar-refractivity contribution in [1.82, 2.24) is 9.38 Å². The summed E-state index contributed by atoms with van der Waals surface area (Å²) in [7, 11) is 1.54. The minimum absolute atomic E-state index is 0.00352. The molecule has 2 aromatic carbocycles. The lowest BCUT2D eigenvalue weighted by atomic mass is 10.1. The molecule has 0 bridgehead atoms. The summed E-state index contributed by atoms with van der Waals surface area (Å²) in [5.41, 5.74) is 2.03. The largest absolute Gasteiger partial charge is 0.497 e. The van der Waals surface area contributed by atoms with E-state index in [0.717, 1.165) is 11.1 Å². The Labute approximate surface area is 201 Å². The van der Waals surface area contributed by atoms with Crippen molar-refractivity contribution in [3.8, 4) is 23.4 Å². The van der Waals surface area contributed by atoms with Crippen LogP contribution in [0.3, 0.4) is 0 Å². The van der Waals surface area contributed by atoms with Gasteiger partial charge in [0.05, 0.1) is 7.11 Å². The molecule has 174 valence electrons. The smallest absolute Gasteiger partial charge is 0.269 e. The molecule has 2 aromatic heterocycles. The number of nitrogens with zero attached hydrogens (tertiary/aromatic N) is 3. The highest BCUT2D eigenvalue weighted by atomic mass is 16.5. The Morgan fingerprint density at radius 2 is 1.77 bits per heavy atom. The van der Waals surface area contributed by atoms with E-state index in [4.69, 9.17) is 9.47 Å². The van der Waals surface area contributed by atoms with Crippen molar-refractivity contribution in [3.63, 3.8) is 0 Å². The number of nitrogens with one attached hydrogen (secondary N) is 1. The van der Waals surface area contributed by atoms with Gasteiger partial charge in [-0.15, -0.1) is 0 Å². The van der Waals surface area contributed by atoms with Crippen molar-refractivity contribution in [2.75, 3.05) is 12.4 Å². The predicted octanol–water partition coefficient (Wildman–Crippen LogP) is 4.66. The van der Waals surface area contributed by atoms with E-state index in [-0.39, 0.29) is 17.0 Å². The van der Waals surface area contributed by atoms with E-state index in [0.29, 0.717) is 22.8 Å². The number of fused-ring (bicyclic) bond motifs is 1. The molecule has 0 aliphatic carbocycles. The number of rotatable bonds is 6. The van der Waals surface area contributed by atoms with Gasteiger partial charge in [-0.2, -0.15) is 10.2 Å². The van der Waals surface area contributed by atoms with Crippen LogP contribution >= 0.6 is 0 Å². The van der Waals surface area contributed by atoms with Crippen LogP contribution in [0.4, 0.5) is 5.69 Å². The Bertz CT molecular complexity index is 1530. The van der Waals surface area contributed by atoms with Crippen LogP contribution in [0.5, 0.6) is 17.4 Å². The molecule has 2 heterocycles. The van der Waals surface area contributed by atoms with Gasteiger partial charge in [-0.25, -0.2) is 0 Å². The fourth-order valence-electron chi connectivity index (χ4n) is 3.55. The van der Waals surface area contributed by atoms with E-state index in [9.17, 15) is 14.9 Å². The number of hydrogen-bond donors (Lipinski definition) is 1. The summed E-state index contributed by atoms with van der Waals surface area (Å²) >= 11 is 0. The van der Waals surface area contributed by atoms with Gasteiger partial charge in [0.25, 0.3) is 11.5 Å². The van der Waals surface area contributed by atoms with Crippen LogP contribution in [0.25, 0.3) is 11.7 Å². The highest BCUT2D eigenvalue weighted by Crippen LogP contribution is 2.26. The summed E-state index contributed by atoms with van der Waals surface area (Å²) < 4.78 is 12.4. The molecule has 0 fully saturated rings. The summed E-state index contributed by atoms with van der Waals surface area (Å²) in [5, 5.41) is 12.4. The molecule has 1 amide bonds. The van der Waals surface area contributed by atoms with Crippen molar-refractivity contribution in [1.29, 1.82) is 5.26 Å². The fraction of sp³-hybridized carbons (Fsp3) is 0.111. The van der Waals surface area contributed by atoms with Crippen molar-refractivity contribution in [2.24, 2.45) is 0 Å². The molecule has 0 radical (unpaired) electrons. The van der Waals surface area contributed by atoms with Crippen molar-refractivity contribution in [3.05, 3.63) is 99.5 Å². The van der Waals surface area contributed by atoms with Gasteiger partial charge >= 0.3 is 0 Å². The van der Waals surface area contributed by atoms with E-state index < -0.39 is 11.5 Å². The first kappa shape index (κ1) is 23.3. The third-order valence-electron chi connectivity index (χ3n) is 5.15. The second kappa shape index (κ2) is 9.93. The third-order valence-corrected chi connectivity index (χ3v) is 5.15. The highest BCUT2D eigenvalue weighted by molar-refractivity contribution is 6.09. The molecule has 0 spiro atoms. The summed E-state index contributed by atoms with van der Waals surface area (Å²) in [4.78, 5) is 30.6. The van der Waals surface area contributed by atoms with Crippen LogP contribution in [0.2, 0.25) is 0 Å². The number of aryl methyl sites for hydroxylation is 2. The fourth-order valence-corrected chi connectivity index (χ4v) is 3.55. The Morgan fingerprint density at radius 1 is 1.06 bits per heavy atom. The number of amides is 1. The van der Waals surface area contributed by atoms with Gasteiger partial charge in [-0.05, 0) is 79.6 Å². The third kappa shape index (κ3) is 5.20. The molecule has 4 rings (SSSR count). The van der Waals surface area contributed by atoms with Gasteiger partial charge in [-0.3, -0.25) is 14.0 Å². The monoisotopic (exact) mass is 466 g/mol. The standard InChI is InChI=1S/C27H22N4O4/c1-17-12-18(2)14-22(13-17)35-26-23(27(33)31-11-5-4-6-24(31)30-26)15-19(16-28)25(32)29-20-7-9-21(34-3)10-8-20/h4-15H,1-3H3,(H,29,32). The van der Waals surface area contributed by atoms with Crippen molar-refractivity contribution < 1.29 is 14.3 Å². The zero-order valence-corrected chi connectivity index (χ0v) is 19.4. The maximum Gasteiger partial charge on any atom is 0.269 e. The lowest BCUT2D eigenvalue weighted by molar-refractivity contribution is -0.112. The first-order valence-corrected chi connectivity index (χ1v) is 10.7. The van der Waals surface area contributed by atoms with E-state index in [1.165, 1.54) is 17.6 Å². The second-order valence-electron chi connectivity index (χ2n) is 7.84. The SMILES string of the molecule is COc1ccc(NC(=O)C(C#N)=Cc2c(Oc3cc(C)cc(C)c3)nc3ccccn3c2=O)cc1. The first-order valence-electron chi connectivity index (χ1n) is 10.7. The summed E-state index contributed by atoms with van der Waals surface area (Å²) in [6, 6.07) is 19.3. The molecule has 0 saturated heterocycles. The van der Waals surface area contributed by atoms with Gasteiger partial charge < -0.3 is 14.8 Å². The molecular weight excluding hydrogens is 444 g/mol. The first-order chi connectivity index (χ1) is 16.9.